The van der Waals surface area contributed by atoms with Gasteiger partial charge >= 0.3 is 10.4 Å². The molecule has 0 radical (unpaired) electrons. The van der Waals surface area contributed by atoms with E-state index in [4.69, 9.17) is 9.29 Å². The number of rotatable bonds is 8. The molecule has 1 aliphatic rings. The molecule has 0 amide bonds. The highest BCUT2D eigenvalue weighted by Crippen LogP contribution is 2.26. The van der Waals surface area contributed by atoms with Crippen molar-refractivity contribution in [1.82, 2.24) is 0 Å². The summed E-state index contributed by atoms with van der Waals surface area (Å²) in [5, 5.41) is 28.3. The van der Waals surface area contributed by atoms with Gasteiger partial charge < -0.3 is 20.1 Å². The monoisotopic (exact) mass is 347 g/mol. The number of ether oxygens (including phenoxy) is 1. The zero-order chi connectivity index (χ0) is 16.2. The Hall–Kier alpha value is 0.0600. The highest BCUT2D eigenvalue weighted by atomic mass is 32.3. The fraction of sp³-hybridized carbons (Fsp3) is 1.00. The minimum atomic E-state index is -4.59. The third-order valence-corrected chi connectivity index (χ3v) is 6.81. The maximum Gasteiger partial charge on any atom is 0.397 e. The third kappa shape index (κ3) is 5.32. The lowest BCUT2D eigenvalue weighted by atomic mass is 10.2. The van der Waals surface area contributed by atoms with Gasteiger partial charge in [-0.05, 0) is 6.42 Å². The van der Waals surface area contributed by atoms with Crippen molar-refractivity contribution in [3.8, 4) is 0 Å². The summed E-state index contributed by atoms with van der Waals surface area (Å²) in [4.78, 5) is 0. The van der Waals surface area contributed by atoms with Crippen LogP contribution >= 0.6 is 0 Å². The van der Waals surface area contributed by atoms with Crippen LogP contribution in [-0.4, -0.2) is 83.2 Å². The zero-order valence-corrected chi connectivity index (χ0v) is 13.6. The van der Waals surface area contributed by atoms with Gasteiger partial charge in [0.2, 0.25) is 0 Å². The first-order valence-electron chi connectivity index (χ1n) is 6.55. The van der Waals surface area contributed by atoms with Gasteiger partial charge in [0, 0.05) is 18.0 Å². The first kappa shape index (κ1) is 19.1. The Balaban J connectivity index is 2.76. The first-order chi connectivity index (χ1) is 9.73. The molecule has 1 unspecified atom stereocenters. The van der Waals surface area contributed by atoms with E-state index in [0.717, 1.165) is 0 Å². The first-order valence-corrected chi connectivity index (χ1v) is 9.54. The molecular weight excluding hydrogens is 324 g/mol. The van der Waals surface area contributed by atoms with Crippen molar-refractivity contribution in [3.05, 3.63) is 0 Å². The predicted molar refractivity (Wildman–Crippen MR) is 77.5 cm³/mol. The SMILES string of the molecule is CC[C@H](OS(=O)(=O)O)[C@@H](C[S+]1C[C@@H](O)[C@H](O)[C@H]1CO)OC. The van der Waals surface area contributed by atoms with Crippen molar-refractivity contribution in [2.75, 3.05) is 25.2 Å². The molecule has 0 aromatic carbocycles. The average Bonchev–Trinajstić information content (AvgIpc) is 2.67. The number of hydrogen-bond acceptors (Lipinski definition) is 7. The maximum absolute atomic E-state index is 10.8. The summed E-state index contributed by atoms with van der Waals surface area (Å²) in [5.74, 6) is 0.637. The predicted octanol–water partition coefficient (Wildman–Crippen LogP) is -1.69. The second kappa shape index (κ2) is 8.06. The molecule has 1 rings (SSSR count). The van der Waals surface area contributed by atoms with Crippen LogP contribution in [0.15, 0.2) is 0 Å². The lowest BCUT2D eigenvalue weighted by Gasteiger charge is -2.23. The van der Waals surface area contributed by atoms with Crippen LogP contribution in [0.5, 0.6) is 0 Å². The van der Waals surface area contributed by atoms with E-state index in [1.54, 1.807) is 6.92 Å². The Morgan fingerprint density at radius 1 is 1.33 bits per heavy atom. The third-order valence-electron chi connectivity index (χ3n) is 3.51. The van der Waals surface area contributed by atoms with E-state index < -0.39 is 51.0 Å². The molecule has 0 aromatic rings. The highest BCUT2D eigenvalue weighted by Gasteiger charge is 2.50. The molecule has 1 saturated heterocycles. The molecule has 21 heavy (non-hydrogen) atoms. The zero-order valence-electron chi connectivity index (χ0n) is 12.0. The van der Waals surface area contributed by atoms with Crippen molar-refractivity contribution < 1.29 is 37.2 Å². The molecule has 0 aromatic heterocycles. The Morgan fingerprint density at radius 2 is 1.95 bits per heavy atom. The quantitative estimate of drug-likeness (QED) is 0.302. The Morgan fingerprint density at radius 3 is 2.38 bits per heavy atom. The Bertz CT molecular complexity index is 414. The molecule has 8 nitrogen and oxygen atoms in total. The van der Waals surface area contributed by atoms with Crippen LogP contribution < -0.4 is 0 Å². The van der Waals surface area contributed by atoms with Gasteiger partial charge in [-0.1, -0.05) is 6.92 Å². The molecule has 0 spiro atoms. The van der Waals surface area contributed by atoms with E-state index >= 15 is 0 Å². The van der Waals surface area contributed by atoms with Crippen molar-refractivity contribution in [3.63, 3.8) is 0 Å². The summed E-state index contributed by atoms with van der Waals surface area (Å²) >= 11 is 0. The van der Waals surface area contributed by atoms with Gasteiger partial charge in [0.1, 0.15) is 35.9 Å². The fourth-order valence-corrected chi connectivity index (χ4v) is 5.78. The lowest BCUT2D eigenvalue weighted by Crippen LogP contribution is -2.42. The molecular formula is C11H23O8S2+. The van der Waals surface area contributed by atoms with E-state index in [1.165, 1.54) is 7.11 Å². The van der Waals surface area contributed by atoms with Crippen LogP contribution in [0.3, 0.4) is 0 Å². The summed E-state index contributed by atoms with van der Waals surface area (Å²) < 4.78 is 40.3. The van der Waals surface area contributed by atoms with Gasteiger partial charge in [-0.2, -0.15) is 8.42 Å². The number of aliphatic hydroxyl groups excluding tert-OH is 3. The summed E-state index contributed by atoms with van der Waals surface area (Å²) in [6, 6.07) is 0. The van der Waals surface area contributed by atoms with Crippen molar-refractivity contribution in [2.24, 2.45) is 0 Å². The molecule has 10 heteroatoms. The van der Waals surface area contributed by atoms with E-state index in [2.05, 4.69) is 4.18 Å². The number of hydrogen-bond donors (Lipinski definition) is 4. The minimum absolute atomic E-state index is 0.270. The van der Waals surface area contributed by atoms with Crippen LogP contribution in [-0.2, 0) is 30.2 Å². The largest absolute Gasteiger partial charge is 0.397 e. The molecule has 6 atom stereocenters. The highest BCUT2D eigenvalue weighted by molar-refractivity contribution is 7.97. The van der Waals surface area contributed by atoms with Gasteiger partial charge in [0.05, 0.1) is 6.61 Å². The van der Waals surface area contributed by atoms with Crippen molar-refractivity contribution in [1.29, 1.82) is 0 Å². The van der Waals surface area contributed by atoms with Gasteiger partial charge in [0.15, 0.2) is 5.25 Å². The fourth-order valence-electron chi connectivity index (χ4n) is 2.38. The van der Waals surface area contributed by atoms with Crippen LogP contribution in [0.2, 0.25) is 0 Å². The van der Waals surface area contributed by atoms with Gasteiger partial charge in [-0.3, -0.25) is 4.55 Å². The van der Waals surface area contributed by atoms with Crippen LogP contribution in [0.1, 0.15) is 13.3 Å². The normalized spacial score (nSPS) is 33.0. The molecule has 4 N–H and O–H groups in total. The molecule has 0 bridgehead atoms. The smallest absolute Gasteiger partial charge is 0.391 e. The van der Waals surface area contributed by atoms with Gasteiger partial charge in [0.25, 0.3) is 0 Å². The molecule has 1 aliphatic heterocycles. The van der Waals surface area contributed by atoms with E-state index in [0.29, 0.717) is 17.9 Å². The second-order valence-corrected chi connectivity index (χ2v) is 8.29. The van der Waals surface area contributed by atoms with Crippen LogP contribution in [0.4, 0.5) is 0 Å². The molecule has 1 fully saturated rings. The molecule has 0 saturated carbocycles. The second-order valence-electron chi connectivity index (χ2n) is 4.89. The Labute approximate surface area is 127 Å². The molecule has 1 heterocycles. The number of aliphatic hydroxyl groups is 3. The van der Waals surface area contributed by atoms with E-state index in [1.807, 2.05) is 0 Å². The van der Waals surface area contributed by atoms with E-state index in [-0.39, 0.29) is 6.61 Å². The van der Waals surface area contributed by atoms with Crippen molar-refractivity contribution in [2.45, 2.75) is 43.0 Å². The van der Waals surface area contributed by atoms with E-state index in [9.17, 15) is 23.7 Å². The summed E-state index contributed by atoms with van der Waals surface area (Å²) in [6.45, 7) is 1.42. The summed E-state index contributed by atoms with van der Waals surface area (Å²) in [5.41, 5.74) is 0. The minimum Gasteiger partial charge on any atom is -0.391 e. The summed E-state index contributed by atoms with van der Waals surface area (Å²) in [7, 11) is -3.74. The molecule has 0 aliphatic carbocycles. The average molecular weight is 347 g/mol. The molecule has 126 valence electrons. The van der Waals surface area contributed by atoms with Crippen molar-refractivity contribution >= 4 is 21.3 Å². The van der Waals surface area contributed by atoms with Crippen LogP contribution in [0.25, 0.3) is 0 Å². The summed E-state index contributed by atoms with van der Waals surface area (Å²) in [6.07, 6.45) is -3.12. The van der Waals surface area contributed by atoms with Crippen LogP contribution in [0, 0.1) is 0 Å². The van der Waals surface area contributed by atoms with Gasteiger partial charge in [-0.25, -0.2) is 4.18 Å². The topological polar surface area (TPSA) is 134 Å². The van der Waals surface area contributed by atoms with Gasteiger partial charge in [-0.15, -0.1) is 0 Å². The lowest BCUT2D eigenvalue weighted by molar-refractivity contribution is 0.0124. The number of methoxy groups -OCH3 is 1. The Kier molecular flexibility index (Phi) is 7.34. The maximum atomic E-state index is 10.8. The standard InChI is InChI=1S/C11H22O8S2/c1-3-8(19-21(15,16)17)9(18-2)6-20-5-7(13)11(14)10(20)4-12/h7-14H,3-6H2,1-2H3/p+1/t7-,8+,9-,10-,11+,20?/m1/s1.